The van der Waals surface area contributed by atoms with Gasteiger partial charge in [0.25, 0.3) is 0 Å². The van der Waals surface area contributed by atoms with Crippen LogP contribution in [0.2, 0.25) is 0 Å². The van der Waals surface area contributed by atoms with Gasteiger partial charge in [-0.05, 0) is 56.0 Å². The van der Waals surface area contributed by atoms with E-state index in [9.17, 15) is 33.5 Å². The Kier molecular flexibility index (Phi) is 12.7. The Morgan fingerprint density at radius 1 is 0.976 bits per heavy atom. The Morgan fingerprint density at radius 3 is 2.31 bits per heavy atom. The van der Waals surface area contributed by atoms with Crippen LogP contribution in [-0.4, -0.2) is 90.5 Å². The second-order valence-corrected chi connectivity index (χ2v) is 11.2. The van der Waals surface area contributed by atoms with Gasteiger partial charge in [-0.2, -0.15) is 0 Å². The maximum Gasteiger partial charge on any atom is 0.245 e. The number of nitrogens with zero attached hydrogens (tertiary/aromatic N) is 1. The first-order chi connectivity index (χ1) is 20.1. The number of hydrogen-bond acceptors (Lipinski definition) is 7. The number of carbonyl (C=O) groups excluding carboxylic acids is 5. The van der Waals surface area contributed by atoms with E-state index in [0.717, 1.165) is 25.9 Å². The van der Waals surface area contributed by atoms with Crippen molar-refractivity contribution >= 4 is 29.5 Å². The number of aliphatic hydroxyl groups is 1. The summed E-state index contributed by atoms with van der Waals surface area (Å²) in [5.41, 5.74) is 0.409. The third kappa shape index (κ3) is 10.1. The number of amides is 5. The lowest BCUT2D eigenvalue weighted by atomic mass is 10.0. The maximum atomic E-state index is 13.6. The zero-order valence-corrected chi connectivity index (χ0v) is 24.3. The van der Waals surface area contributed by atoms with Crippen molar-refractivity contribution in [1.29, 1.82) is 0 Å². The highest BCUT2D eigenvalue weighted by molar-refractivity contribution is 5.93. The highest BCUT2D eigenvalue weighted by atomic mass is 19.1. The standard InChI is InChI=1S/C29H43FN6O6/c1-18(2)26-29(42)34-23(17-37)28(41)33-22(19-6-8-20(30)9-7-19)16-25(39)32-21(10-11-24(38)35-26)27(40)31-12-15-36-13-4-3-5-14-36/h6-9,18,21-23,26,37H,3-5,10-17H2,1-2H3,(H,31,40)(H,32,39)(H,33,41)(H,34,42)(H,35,38)/t21-,22+,23-,26+/m0/s1. The molecule has 3 rings (SSSR count). The van der Waals surface area contributed by atoms with Crippen LogP contribution in [0.15, 0.2) is 24.3 Å². The first-order valence-corrected chi connectivity index (χ1v) is 14.6. The van der Waals surface area contributed by atoms with Crippen molar-refractivity contribution in [2.45, 2.75) is 76.5 Å². The Hall–Kier alpha value is -3.58. The first kappa shape index (κ1) is 32.9. The normalized spacial score (nSPS) is 25.4. The number of piperidine rings is 1. The van der Waals surface area contributed by atoms with E-state index in [0.29, 0.717) is 18.7 Å². The molecule has 5 amide bonds. The van der Waals surface area contributed by atoms with Crippen LogP contribution in [0.4, 0.5) is 4.39 Å². The van der Waals surface area contributed by atoms with Crippen molar-refractivity contribution in [3.05, 3.63) is 35.6 Å². The molecule has 0 unspecified atom stereocenters. The number of carbonyl (C=O) groups is 5. The fourth-order valence-electron chi connectivity index (χ4n) is 5.08. The van der Waals surface area contributed by atoms with Crippen molar-refractivity contribution in [3.63, 3.8) is 0 Å². The number of benzene rings is 1. The topological polar surface area (TPSA) is 169 Å². The largest absolute Gasteiger partial charge is 0.394 e. The van der Waals surface area contributed by atoms with Gasteiger partial charge in [0.15, 0.2) is 0 Å². The molecular weight excluding hydrogens is 547 g/mol. The summed E-state index contributed by atoms with van der Waals surface area (Å²) in [6, 6.07) is 0.807. The molecule has 0 bridgehead atoms. The summed E-state index contributed by atoms with van der Waals surface area (Å²) in [5.74, 6) is -3.84. The Morgan fingerprint density at radius 2 is 1.67 bits per heavy atom. The molecule has 232 valence electrons. The van der Waals surface area contributed by atoms with Crippen LogP contribution in [0.5, 0.6) is 0 Å². The fourth-order valence-corrected chi connectivity index (χ4v) is 5.08. The zero-order chi connectivity index (χ0) is 30.6. The Bertz CT molecular complexity index is 1090. The molecule has 2 heterocycles. The molecular formula is C29H43FN6O6. The summed E-state index contributed by atoms with van der Waals surface area (Å²) in [4.78, 5) is 67.6. The van der Waals surface area contributed by atoms with E-state index in [1.807, 2.05) is 0 Å². The summed E-state index contributed by atoms with van der Waals surface area (Å²) in [5, 5.41) is 23.2. The summed E-state index contributed by atoms with van der Waals surface area (Å²) in [6.07, 6.45) is 2.93. The zero-order valence-electron chi connectivity index (χ0n) is 24.3. The van der Waals surface area contributed by atoms with Crippen molar-refractivity contribution < 1.29 is 33.5 Å². The van der Waals surface area contributed by atoms with Crippen molar-refractivity contribution in [1.82, 2.24) is 31.5 Å². The molecule has 0 aromatic heterocycles. The summed E-state index contributed by atoms with van der Waals surface area (Å²) in [6.45, 7) is 5.68. The average Bonchev–Trinajstić information content (AvgIpc) is 2.96. The van der Waals surface area contributed by atoms with E-state index >= 15 is 0 Å². The molecule has 2 fully saturated rings. The fraction of sp³-hybridized carbons (Fsp3) is 0.621. The highest BCUT2D eigenvalue weighted by Gasteiger charge is 2.32. The Balaban J connectivity index is 1.83. The molecule has 4 atom stereocenters. The van der Waals surface area contributed by atoms with Gasteiger partial charge < -0.3 is 36.6 Å². The molecule has 0 radical (unpaired) electrons. The molecule has 0 spiro atoms. The molecule has 1 aromatic carbocycles. The predicted octanol–water partition coefficient (Wildman–Crippen LogP) is -0.128. The number of aliphatic hydroxyl groups excluding tert-OH is 1. The van der Waals surface area contributed by atoms with Gasteiger partial charge in [-0.15, -0.1) is 0 Å². The molecule has 0 aliphatic carbocycles. The molecule has 42 heavy (non-hydrogen) atoms. The predicted molar refractivity (Wildman–Crippen MR) is 152 cm³/mol. The summed E-state index contributed by atoms with van der Waals surface area (Å²) in [7, 11) is 0. The maximum absolute atomic E-state index is 13.6. The molecule has 2 aliphatic rings. The van der Waals surface area contributed by atoms with Crippen molar-refractivity contribution in [3.8, 4) is 0 Å². The lowest BCUT2D eigenvalue weighted by Gasteiger charge is -2.27. The number of halogens is 1. The van der Waals surface area contributed by atoms with E-state index in [1.165, 1.54) is 30.7 Å². The van der Waals surface area contributed by atoms with E-state index in [1.54, 1.807) is 13.8 Å². The first-order valence-electron chi connectivity index (χ1n) is 14.6. The molecule has 1 aromatic rings. The number of hydrogen-bond donors (Lipinski definition) is 6. The smallest absolute Gasteiger partial charge is 0.245 e. The SMILES string of the molecule is CC(C)[C@H]1NC(=O)CC[C@@H](C(=O)NCCN2CCCCC2)NC(=O)C[C@H](c2ccc(F)cc2)NC(=O)[C@H](CO)NC1=O. The van der Waals surface area contributed by atoms with E-state index in [2.05, 4.69) is 31.5 Å². The number of nitrogens with one attached hydrogen (secondary N) is 5. The van der Waals surface area contributed by atoms with Crippen LogP contribution in [0, 0.1) is 11.7 Å². The van der Waals surface area contributed by atoms with Crippen LogP contribution in [-0.2, 0) is 24.0 Å². The van der Waals surface area contributed by atoms with Gasteiger partial charge in [-0.25, -0.2) is 4.39 Å². The van der Waals surface area contributed by atoms with Crippen molar-refractivity contribution in [2.75, 3.05) is 32.8 Å². The molecule has 2 saturated heterocycles. The van der Waals surface area contributed by atoms with Crippen LogP contribution < -0.4 is 26.6 Å². The van der Waals surface area contributed by atoms with Crippen LogP contribution in [0.3, 0.4) is 0 Å². The highest BCUT2D eigenvalue weighted by Crippen LogP contribution is 2.19. The van der Waals surface area contributed by atoms with Crippen LogP contribution >= 0.6 is 0 Å². The third-order valence-electron chi connectivity index (χ3n) is 7.55. The minimum absolute atomic E-state index is 0.0214. The average molecular weight is 591 g/mol. The summed E-state index contributed by atoms with van der Waals surface area (Å²) < 4.78 is 13.6. The number of rotatable bonds is 7. The minimum Gasteiger partial charge on any atom is -0.394 e. The van der Waals surface area contributed by atoms with Gasteiger partial charge in [0.1, 0.15) is 23.9 Å². The van der Waals surface area contributed by atoms with Gasteiger partial charge in [0, 0.05) is 19.5 Å². The molecule has 6 N–H and O–H groups in total. The molecule has 13 heteroatoms. The minimum atomic E-state index is -1.37. The number of likely N-dealkylation sites (tertiary alicyclic amines) is 1. The van der Waals surface area contributed by atoms with Gasteiger partial charge in [0.05, 0.1) is 19.1 Å². The van der Waals surface area contributed by atoms with Crippen molar-refractivity contribution in [2.24, 2.45) is 5.92 Å². The van der Waals surface area contributed by atoms with Gasteiger partial charge in [-0.1, -0.05) is 32.4 Å². The summed E-state index contributed by atoms with van der Waals surface area (Å²) >= 11 is 0. The van der Waals surface area contributed by atoms with Crippen LogP contribution in [0.1, 0.15) is 64.0 Å². The molecule has 2 aliphatic heterocycles. The lowest BCUT2D eigenvalue weighted by Crippen LogP contribution is -2.56. The third-order valence-corrected chi connectivity index (χ3v) is 7.55. The molecule has 0 saturated carbocycles. The van der Waals surface area contributed by atoms with E-state index in [-0.39, 0.29) is 25.2 Å². The van der Waals surface area contributed by atoms with Gasteiger partial charge in [0.2, 0.25) is 29.5 Å². The van der Waals surface area contributed by atoms with Gasteiger partial charge >= 0.3 is 0 Å². The Labute approximate surface area is 245 Å². The van der Waals surface area contributed by atoms with E-state index in [4.69, 9.17) is 0 Å². The quantitative estimate of drug-likeness (QED) is 0.257. The molecule has 12 nitrogen and oxygen atoms in total. The second kappa shape index (κ2) is 16.2. The second-order valence-electron chi connectivity index (χ2n) is 11.2. The lowest BCUT2D eigenvalue weighted by molar-refractivity contribution is -0.134. The van der Waals surface area contributed by atoms with Gasteiger partial charge in [-0.3, -0.25) is 24.0 Å². The monoisotopic (exact) mass is 590 g/mol. The van der Waals surface area contributed by atoms with Crippen LogP contribution in [0.25, 0.3) is 0 Å². The van der Waals surface area contributed by atoms with E-state index < -0.39 is 66.1 Å².